The predicted molar refractivity (Wildman–Crippen MR) is 50.2 cm³/mol. The molecule has 0 amide bonds. The summed E-state index contributed by atoms with van der Waals surface area (Å²) in [5.41, 5.74) is 0.279. The molecule has 0 rings (SSSR count). The minimum absolute atomic E-state index is 0.255. The largest absolute Gasteiger partial charge is 0.427 e. The molecule has 0 aromatic rings. The van der Waals surface area contributed by atoms with Crippen molar-refractivity contribution >= 4 is 23.7 Å². The van der Waals surface area contributed by atoms with Crippen LogP contribution in [-0.2, 0) is 19.1 Å². The molecule has 74 valence electrons. The fraction of sp³-hybridized carbons (Fsp3) is 0.500. The van der Waals surface area contributed by atoms with Crippen molar-refractivity contribution in [3.05, 3.63) is 12.2 Å². The molecule has 5 heteroatoms. The molecule has 13 heavy (non-hydrogen) atoms. The summed E-state index contributed by atoms with van der Waals surface area (Å²) in [7, 11) is 0. The quantitative estimate of drug-likeness (QED) is 0.379. The lowest BCUT2D eigenvalue weighted by Crippen LogP contribution is -2.14. The Balaban J connectivity index is 3.50. The van der Waals surface area contributed by atoms with E-state index >= 15 is 0 Å². The van der Waals surface area contributed by atoms with E-state index < -0.39 is 11.9 Å². The number of ether oxygens (including phenoxy) is 2. The molecule has 0 saturated carbocycles. The van der Waals surface area contributed by atoms with Crippen molar-refractivity contribution in [3.63, 3.8) is 0 Å². The molecule has 0 spiro atoms. The summed E-state index contributed by atoms with van der Waals surface area (Å²) in [4.78, 5) is 21.5. The zero-order valence-corrected chi connectivity index (χ0v) is 8.48. The van der Waals surface area contributed by atoms with Crippen LogP contribution < -0.4 is 0 Å². The van der Waals surface area contributed by atoms with Crippen molar-refractivity contribution in [2.24, 2.45) is 0 Å². The van der Waals surface area contributed by atoms with E-state index in [-0.39, 0.29) is 18.1 Å². The van der Waals surface area contributed by atoms with Gasteiger partial charge in [0.1, 0.15) is 0 Å². The van der Waals surface area contributed by atoms with E-state index in [9.17, 15) is 9.59 Å². The van der Waals surface area contributed by atoms with Crippen LogP contribution in [0.15, 0.2) is 12.2 Å². The minimum Gasteiger partial charge on any atom is -0.427 e. The molecule has 0 aliphatic carbocycles. The third kappa shape index (κ3) is 6.21. The first-order valence-electron chi connectivity index (χ1n) is 3.55. The zero-order valence-electron chi connectivity index (χ0n) is 7.66. The minimum atomic E-state index is -0.558. The van der Waals surface area contributed by atoms with Gasteiger partial charge in [0.2, 0.25) is 6.79 Å². The van der Waals surface area contributed by atoms with Gasteiger partial charge in [0.05, 0.1) is 5.75 Å². The Hall–Kier alpha value is -0.970. The van der Waals surface area contributed by atoms with Crippen molar-refractivity contribution in [2.75, 3.05) is 18.8 Å². The van der Waals surface area contributed by atoms with Gasteiger partial charge in [-0.3, -0.25) is 4.79 Å². The topological polar surface area (TPSA) is 52.6 Å². The number of thioether (sulfide) groups is 1. The van der Waals surface area contributed by atoms with Crippen molar-refractivity contribution in [3.8, 4) is 0 Å². The molecule has 4 nitrogen and oxygen atoms in total. The number of hydrogen-bond donors (Lipinski definition) is 0. The Morgan fingerprint density at radius 1 is 1.38 bits per heavy atom. The van der Waals surface area contributed by atoms with Crippen LogP contribution in [0.1, 0.15) is 6.92 Å². The standard InChI is InChI=1S/C8H12O4S/c1-6(2)8(10)12-5-11-7(9)4-13-3/h1,4-5H2,2-3H3. The van der Waals surface area contributed by atoms with E-state index in [1.165, 1.54) is 18.7 Å². The van der Waals surface area contributed by atoms with Crippen LogP contribution in [0.4, 0.5) is 0 Å². The first kappa shape index (κ1) is 12.0. The van der Waals surface area contributed by atoms with Gasteiger partial charge in [-0.25, -0.2) is 4.79 Å². The highest BCUT2D eigenvalue weighted by atomic mass is 32.2. The molecule has 0 aromatic heterocycles. The average Bonchev–Trinajstić information content (AvgIpc) is 2.04. The van der Waals surface area contributed by atoms with Crippen LogP contribution in [0, 0.1) is 0 Å². The fourth-order valence-corrected chi connectivity index (χ4v) is 0.750. The Labute approximate surface area is 81.3 Å². The number of rotatable bonds is 5. The number of esters is 2. The Morgan fingerprint density at radius 3 is 2.46 bits per heavy atom. The molecule has 0 unspecified atom stereocenters. The van der Waals surface area contributed by atoms with Gasteiger partial charge >= 0.3 is 11.9 Å². The third-order valence-electron chi connectivity index (χ3n) is 1.02. The monoisotopic (exact) mass is 204 g/mol. The summed E-state index contributed by atoms with van der Waals surface area (Å²) in [5, 5.41) is 0. The summed E-state index contributed by atoms with van der Waals surface area (Å²) < 4.78 is 9.09. The molecule has 0 aliphatic rings. The highest BCUT2D eigenvalue weighted by Crippen LogP contribution is 1.95. The van der Waals surface area contributed by atoms with E-state index in [1.54, 1.807) is 6.26 Å². The summed E-state index contributed by atoms with van der Waals surface area (Å²) in [6, 6.07) is 0. The third-order valence-corrected chi connectivity index (χ3v) is 1.54. The summed E-state index contributed by atoms with van der Waals surface area (Å²) >= 11 is 1.34. The van der Waals surface area contributed by atoms with E-state index in [0.29, 0.717) is 0 Å². The maximum Gasteiger partial charge on any atom is 0.335 e. The van der Waals surface area contributed by atoms with Crippen molar-refractivity contribution in [1.82, 2.24) is 0 Å². The molecule has 0 atom stereocenters. The SMILES string of the molecule is C=C(C)C(=O)OCOC(=O)CSC. The first-order chi connectivity index (χ1) is 6.07. The van der Waals surface area contributed by atoms with Crippen LogP contribution in [0.5, 0.6) is 0 Å². The van der Waals surface area contributed by atoms with Gasteiger partial charge in [-0.05, 0) is 13.2 Å². The average molecular weight is 204 g/mol. The lowest BCUT2D eigenvalue weighted by molar-refractivity contribution is -0.162. The second kappa shape index (κ2) is 6.54. The van der Waals surface area contributed by atoms with Gasteiger partial charge in [-0.2, -0.15) is 11.8 Å². The predicted octanol–water partition coefficient (Wildman–Crippen LogP) is 0.969. The summed E-state index contributed by atoms with van der Waals surface area (Å²) in [5.74, 6) is -0.705. The van der Waals surface area contributed by atoms with Gasteiger partial charge in [0.15, 0.2) is 0 Å². The van der Waals surface area contributed by atoms with E-state index in [2.05, 4.69) is 16.1 Å². The summed E-state index contributed by atoms with van der Waals surface area (Å²) in [6.07, 6.45) is 1.78. The van der Waals surface area contributed by atoms with Crippen LogP contribution >= 0.6 is 11.8 Å². The lowest BCUT2D eigenvalue weighted by Gasteiger charge is -2.04. The van der Waals surface area contributed by atoms with E-state index in [0.717, 1.165) is 0 Å². The van der Waals surface area contributed by atoms with Crippen molar-refractivity contribution < 1.29 is 19.1 Å². The highest BCUT2D eigenvalue weighted by Gasteiger charge is 2.05. The first-order valence-corrected chi connectivity index (χ1v) is 4.94. The lowest BCUT2D eigenvalue weighted by atomic mass is 10.4. The maximum absolute atomic E-state index is 10.8. The molecule has 0 heterocycles. The molecule has 0 bridgehead atoms. The molecule has 0 aliphatic heterocycles. The summed E-state index contributed by atoms with van der Waals surface area (Å²) in [6.45, 7) is 4.55. The number of carbonyl (C=O) groups excluding carboxylic acids is 2. The molecule has 0 radical (unpaired) electrons. The zero-order chi connectivity index (χ0) is 10.3. The molecular formula is C8H12O4S. The normalized spacial score (nSPS) is 9.08. The van der Waals surface area contributed by atoms with Crippen molar-refractivity contribution in [2.45, 2.75) is 6.92 Å². The van der Waals surface area contributed by atoms with Crippen LogP contribution in [0.25, 0.3) is 0 Å². The van der Waals surface area contributed by atoms with Crippen LogP contribution in [0.2, 0.25) is 0 Å². The van der Waals surface area contributed by atoms with Gasteiger partial charge in [-0.1, -0.05) is 6.58 Å². The Bertz CT molecular complexity index is 212. The smallest absolute Gasteiger partial charge is 0.335 e. The van der Waals surface area contributed by atoms with Gasteiger partial charge in [0.25, 0.3) is 0 Å². The molecule has 0 aromatic carbocycles. The second-order valence-electron chi connectivity index (χ2n) is 2.28. The number of hydrogen-bond acceptors (Lipinski definition) is 5. The molecule has 0 N–H and O–H groups in total. The van der Waals surface area contributed by atoms with Crippen LogP contribution in [0.3, 0.4) is 0 Å². The molecular weight excluding hydrogens is 192 g/mol. The fourth-order valence-electron chi connectivity index (χ4n) is 0.431. The maximum atomic E-state index is 10.8. The van der Waals surface area contributed by atoms with Gasteiger partial charge < -0.3 is 9.47 Å². The Kier molecular flexibility index (Phi) is 6.05. The number of carbonyl (C=O) groups is 2. The van der Waals surface area contributed by atoms with Gasteiger partial charge in [0, 0.05) is 5.57 Å². The molecule has 0 fully saturated rings. The molecule has 0 saturated heterocycles. The van der Waals surface area contributed by atoms with E-state index in [4.69, 9.17) is 0 Å². The highest BCUT2D eigenvalue weighted by molar-refractivity contribution is 7.99. The Morgan fingerprint density at radius 2 is 2.00 bits per heavy atom. The van der Waals surface area contributed by atoms with Crippen molar-refractivity contribution in [1.29, 1.82) is 0 Å². The van der Waals surface area contributed by atoms with Crippen LogP contribution in [-0.4, -0.2) is 30.7 Å². The van der Waals surface area contributed by atoms with E-state index in [1.807, 2.05) is 0 Å². The van der Waals surface area contributed by atoms with Gasteiger partial charge in [-0.15, -0.1) is 0 Å². The second-order valence-corrected chi connectivity index (χ2v) is 3.15.